The summed E-state index contributed by atoms with van der Waals surface area (Å²) in [7, 11) is -3.41. The minimum absolute atomic E-state index is 0.148. The van der Waals surface area contributed by atoms with Crippen molar-refractivity contribution in [3.8, 4) is 0 Å². The van der Waals surface area contributed by atoms with Crippen LogP contribution in [0.25, 0.3) is 0 Å². The van der Waals surface area contributed by atoms with Crippen molar-refractivity contribution in [2.45, 2.75) is 55.1 Å². The molecule has 1 aliphatic heterocycles. The summed E-state index contributed by atoms with van der Waals surface area (Å²) >= 11 is 6.40. The van der Waals surface area contributed by atoms with Crippen LogP contribution < -0.4 is 5.32 Å². The number of amides is 1. The molecule has 1 atom stereocenters. The number of halogens is 1. The smallest absolute Gasteiger partial charge is 0.233 e. The van der Waals surface area contributed by atoms with E-state index in [4.69, 9.17) is 16.3 Å². The maximum atomic E-state index is 13.2. The lowest BCUT2D eigenvalue weighted by molar-refractivity contribution is -0.118. The second-order valence-electron chi connectivity index (χ2n) is 8.33. The van der Waals surface area contributed by atoms with Gasteiger partial charge < -0.3 is 10.1 Å². The Hall–Kier alpha value is -2.03. The number of sulfone groups is 1. The third kappa shape index (κ3) is 5.25. The normalized spacial score (nSPS) is 18.5. The molecule has 0 spiro atoms. The number of benzene rings is 1. The predicted octanol–water partition coefficient (Wildman–Crippen LogP) is 3.91. The van der Waals surface area contributed by atoms with E-state index in [2.05, 4.69) is 15.5 Å². The van der Waals surface area contributed by atoms with Crippen LogP contribution in [0, 0.1) is 12.8 Å². The number of rotatable bonds is 7. The van der Waals surface area contributed by atoms with Crippen molar-refractivity contribution in [1.29, 1.82) is 0 Å². The van der Waals surface area contributed by atoms with E-state index in [1.165, 1.54) is 0 Å². The van der Waals surface area contributed by atoms with Crippen LogP contribution in [-0.2, 0) is 19.4 Å². The van der Waals surface area contributed by atoms with Crippen LogP contribution >= 0.6 is 11.6 Å². The first-order valence-corrected chi connectivity index (χ1v) is 12.5. The molecule has 2 aromatic rings. The van der Waals surface area contributed by atoms with Crippen molar-refractivity contribution >= 4 is 33.2 Å². The fraction of sp³-hybridized carbons (Fsp3) is 0.500. The molecule has 9 heteroatoms. The van der Waals surface area contributed by atoms with E-state index in [1.807, 2.05) is 6.92 Å². The number of aromatic nitrogens is 2. The molecule has 1 aromatic heterocycles. The summed E-state index contributed by atoms with van der Waals surface area (Å²) in [6.45, 7) is 3.19. The Balaban J connectivity index is 1.60. The molecule has 0 unspecified atom stereocenters. The van der Waals surface area contributed by atoms with Crippen LogP contribution in [0.15, 0.2) is 35.2 Å². The quantitative estimate of drug-likeness (QED) is 0.668. The van der Waals surface area contributed by atoms with E-state index in [1.54, 1.807) is 30.3 Å². The van der Waals surface area contributed by atoms with Gasteiger partial charge in [0.2, 0.25) is 5.91 Å². The largest absolute Gasteiger partial charge is 0.381 e. The number of ether oxygens (including phenoxy) is 1. The fourth-order valence-corrected chi connectivity index (χ4v) is 6.13. The summed E-state index contributed by atoms with van der Waals surface area (Å²) in [5.41, 5.74) is 1.46. The average Bonchev–Trinajstić information content (AvgIpc) is 3.60. The van der Waals surface area contributed by atoms with Gasteiger partial charge in [-0.25, -0.2) is 8.42 Å². The van der Waals surface area contributed by atoms with Crippen LogP contribution in [0.4, 0.5) is 5.82 Å². The molecule has 2 fully saturated rings. The van der Waals surface area contributed by atoms with Gasteiger partial charge in [0.1, 0.15) is 0 Å². The van der Waals surface area contributed by atoms with E-state index in [0.29, 0.717) is 49.8 Å². The zero-order chi connectivity index (χ0) is 22.0. The molecular formula is C22H26ClN3O4S. The number of hydrogen-bond acceptors (Lipinski definition) is 6. The summed E-state index contributed by atoms with van der Waals surface area (Å²) in [6.07, 6.45) is 3.74. The summed E-state index contributed by atoms with van der Waals surface area (Å²) in [6, 6.07) is 8.38. The number of anilines is 1. The maximum absolute atomic E-state index is 13.2. The molecule has 2 heterocycles. The Morgan fingerprint density at radius 3 is 2.52 bits per heavy atom. The van der Waals surface area contributed by atoms with Gasteiger partial charge in [0.15, 0.2) is 15.7 Å². The first-order valence-electron chi connectivity index (χ1n) is 10.6. The second kappa shape index (κ2) is 9.22. The molecule has 2 aliphatic rings. The molecule has 1 N–H and O–H groups in total. The Morgan fingerprint density at radius 1 is 1.16 bits per heavy atom. The van der Waals surface area contributed by atoms with Crippen LogP contribution in [0.1, 0.15) is 49.3 Å². The van der Waals surface area contributed by atoms with Crippen molar-refractivity contribution in [2.75, 3.05) is 18.5 Å². The molecule has 166 valence electrons. The van der Waals surface area contributed by atoms with E-state index >= 15 is 0 Å². The number of carbonyl (C=O) groups excluding carboxylic acids is 1. The lowest BCUT2D eigenvalue weighted by atomic mass is 9.84. The Morgan fingerprint density at radius 2 is 1.90 bits per heavy atom. The lowest BCUT2D eigenvalue weighted by Crippen LogP contribution is -2.26. The van der Waals surface area contributed by atoms with E-state index in [-0.39, 0.29) is 21.1 Å². The van der Waals surface area contributed by atoms with Crippen molar-refractivity contribution in [1.82, 2.24) is 10.2 Å². The van der Waals surface area contributed by atoms with Crippen molar-refractivity contribution in [3.63, 3.8) is 0 Å². The average molecular weight is 464 g/mol. The molecule has 7 nitrogen and oxygen atoms in total. The van der Waals surface area contributed by atoms with E-state index in [0.717, 1.165) is 18.5 Å². The third-order valence-electron chi connectivity index (χ3n) is 5.90. The number of hydrogen-bond donors (Lipinski definition) is 1. The van der Waals surface area contributed by atoms with E-state index < -0.39 is 15.8 Å². The van der Waals surface area contributed by atoms with Crippen molar-refractivity contribution in [2.24, 2.45) is 5.92 Å². The van der Waals surface area contributed by atoms with Crippen molar-refractivity contribution in [3.05, 3.63) is 46.6 Å². The highest BCUT2D eigenvalue weighted by Gasteiger charge is 2.38. The molecule has 0 bridgehead atoms. The topological polar surface area (TPSA) is 98.2 Å². The van der Waals surface area contributed by atoms with Crippen LogP contribution in [-0.4, -0.2) is 43.0 Å². The van der Waals surface area contributed by atoms with Gasteiger partial charge in [-0.1, -0.05) is 17.7 Å². The van der Waals surface area contributed by atoms with Gasteiger partial charge in [0.25, 0.3) is 0 Å². The highest BCUT2D eigenvalue weighted by atomic mass is 35.5. The molecular weight excluding hydrogens is 438 g/mol. The summed E-state index contributed by atoms with van der Waals surface area (Å²) in [4.78, 5) is 13.4. The zero-order valence-corrected chi connectivity index (χ0v) is 19.0. The second-order valence-corrected chi connectivity index (χ2v) is 10.9. The van der Waals surface area contributed by atoms with Gasteiger partial charge in [-0.2, -0.15) is 5.10 Å². The Bertz CT molecular complexity index is 1050. The number of aryl methyl sites for hydroxylation is 1. The predicted molar refractivity (Wildman–Crippen MR) is 118 cm³/mol. The van der Waals surface area contributed by atoms with Gasteiger partial charge in [-0.05, 0) is 74.8 Å². The molecule has 1 saturated heterocycles. The first kappa shape index (κ1) is 22.2. The number of nitrogens with one attached hydrogen (secondary N) is 1. The van der Waals surface area contributed by atoms with Gasteiger partial charge in [0.05, 0.1) is 26.8 Å². The molecule has 1 aromatic carbocycles. The number of nitrogens with zero attached hydrogens (tertiary/aromatic N) is 2. The van der Waals surface area contributed by atoms with Crippen LogP contribution in [0.5, 0.6) is 0 Å². The molecule has 1 saturated carbocycles. The molecule has 4 rings (SSSR count). The SMILES string of the molecule is Cc1ccc(NC(=O)[C@H](CC2CCOCC2)c2ccc(S(=O)(=O)C3CC3)c(Cl)c2)nn1. The van der Waals surface area contributed by atoms with Crippen LogP contribution in [0.3, 0.4) is 0 Å². The molecule has 1 amide bonds. The monoisotopic (exact) mass is 463 g/mol. The van der Waals surface area contributed by atoms with Crippen molar-refractivity contribution < 1.29 is 17.9 Å². The highest BCUT2D eigenvalue weighted by molar-refractivity contribution is 7.92. The van der Waals surface area contributed by atoms with E-state index in [9.17, 15) is 13.2 Å². The molecule has 1 aliphatic carbocycles. The minimum Gasteiger partial charge on any atom is -0.381 e. The Labute approximate surface area is 187 Å². The summed E-state index contributed by atoms with van der Waals surface area (Å²) in [5, 5.41) is 10.7. The summed E-state index contributed by atoms with van der Waals surface area (Å²) < 4.78 is 30.7. The zero-order valence-electron chi connectivity index (χ0n) is 17.4. The molecule has 0 radical (unpaired) electrons. The van der Waals surface area contributed by atoms with Gasteiger partial charge in [-0.15, -0.1) is 5.10 Å². The first-order chi connectivity index (χ1) is 14.8. The Kier molecular flexibility index (Phi) is 6.60. The number of carbonyl (C=O) groups is 1. The standard InChI is InChI=1S/C22H26ClN3O4S/c1-14-2-7-21(26-25-14)24-22(27)18(12-15-8-10-30-11-9-15)16-3-6-20(19(23)13-16)31(28,29)17-4-5-17/h2-3,6-7,13,15,17-18H,4-5,8-12H2,1H3,(H,24,26,27)/t18-/m1/s1. The maximum Gasteiger partial charge on any atom is 0.233 e. The van der Waals surface area contributed by atoms with Crippen LogP contribution in [0.2, 0.25) is 5.02 Å². The fourth-order valence-electron chi connectivity index (χ4n) is 3.91. The highest BCUT2D eigenvalue weighted by Crippen LogP contribution is 2.38. The third-order valence-corrected chi connectivity index (χ3v) is 8.65. The van der Waals surface area contributed by atoms with Gasteiger partial charge >= 0.3 is 0 Å². The molecule has 31 heavy (non-hydrogen) atoms. The minimum atomic E-state index is -3.41. The van der Waals surface area contributed by atoms with Gasteiger partial charge in [-0.3, -0.25) is 4.79 Å². The summed E-state index contributed by atoms with van der Waals surface area (Å²) in [5.74, 6) is 0.0220. The van der Waals surface area contributed by atoms with Gasteiger partial charge in [0, 0.05) is 13.2 Å². The lowest BCUT2D eigenvalue weighted by Gasteiger charge is -2.26.